The molecule has 0 spiro atoms. The van der Waals surface area contributed by atoms with E-state index < -0.39 is 6.10 Å². The Morgan fingerprint density at radius 1 is 1.34 bits per heavy atom. The van der Waals surface area contributed by atoms with Gasteiger partial charge < -0.3 is 29.5 Å². The summed E-state index contributed by atoms with van der Waals surface area (Å²) >= 11 is 12.4. The summed E-state index contributed by atoms with van der Waals surface area (Å²) < 4.78 is 16.4. The molecule has 1 amide bonds. The van der Waals surface area contributed by atoms with Crippen LogP contribution in [0.15, 0.2) is 6.07 Å². The molecule has 29 heavy (non-hydrogen) atoms. The molecule has 9 heteroatoms. The van der Waals surface area contributed by atoms with Crippen molar-refractivity contribution in [2.75, 3.05) is 53.1 Å². The minimum Gasteiger partial charge on any atom is -0.489 e. The molecule has 0 bridgehead atoms. The average molecular weight is 447 g/mol. The average Bonchev–Trinajstić information content (AvgIpc) is 2.96. The van der Waals surface area contributed by atoms with Crippen LogP contribution in [0.2, 0.25) is 10.0 Å². The highest BCUT2D eigenvalue weighted by molar-refractivity contribution is 6.43. The third kappa shape index (κ3) is 5.67. The van der Waals surface area contributed by atoms with Gasteiger partial charge in [0, 0.05) is 45.7 Å². The lowest BCUT2D eigenvalue weighted by molar-refractivity contribution is 0.0192. The summed E-state index contributed by atoms with van der Waals surface area (Å²) in [7, 11) is 1.69. The molecular weight excluding hydrogens is 419 g/mol. The number of benzene rings is 1. The number of aliphatic hydroxyl groups is 1. The standard InChI is InChI=1S/C20H28Cl2N2O5/c1-27-7-2-5-24-6-4-13(16(25)12-24)11-23-20(26)14-10-15(21)17(22)19-18(14)28-8-3-9-29-19/h10,13,16,25H,2-9,11-12H2,1H3,(H,23,26)/t13-,16+/m0/s1. The summed E-state index contributed by atoms with van der Waals surface area (Å²) in [5.41, 5.74) is 0.294. The van der Waals surface area contributed by atoms with Gasteiger partial charge >= 0.3 is 0 Å². The molecule has 2 heterocycles. The van der Waals surface area contributed by atoms with Crippen molar-refractivity contribution in [2.45, 2.75) is 25.4 Å². The second-order valence-electron chi connectivity index (χ2n) is 7.40. The summed E-state index contributed by atoms with van der Waals surface area (Å²) in [6.45, 7) is 4.36. The van der Waals surface area contributed by atoms with E-state index in [2.05, 4.69) is 10.2 Å². The van der Waals surface area contributed by atoms with Crippen molar-refractivity contribution in [1.82, 2.24) is 10.2 Å². The second kappa shape index (κ2) is 10.7. The van der Waals surface area contributed by atoms with Crippen LogP contribution in [0.25, 0.3) is 0 Å². The SMILES string of the molecule is COCCCN1CC[C@@H](CNC(=O)c2cc(Cl)c(Cl)c3c2OCCCO3)[C@H](O)C1. The second-order valence-corrected chi connectivity index (χ2v) is 8.19. The van der Waals surface area contributed by atoms with Crippen molar-refractivity contribution < 1.29 is 24.1 Å². The Morgan fingerprint density at radius 2 is 2.10 bits per heavy atom. The first-order valence-corrected chi connectivity index (χ1v) is 10.7. The van der Waals surface area contributed by atoms with E-state index in [1.807, 2.05) is 0 Å². The van der Waals surface area contributed by atoms with Crippen LogP contribution in [0.1, 0.15) is 29.6 Å². The molecule has 2 atom stereocenters. The van der Waals surface area contributed by atoms with Crippen molar-refractivity contribution in [3.63, 3.8) is 0 Å². The molecule has 2 aliphatic heterocycles. The molecule has 0 aromatic heterocycles. The number of carbonyl (C=O) groups excluding carboxylic acids is 1. The van der Waals surface area contributed by atoms with Gasteiger partial charge in [-0.05, 0) is 25.5 Å². The number of β-amino-alcohol motifs (C(OH)–C–C–N with tert-alkyl or cyclic N) is 1. The van der Waals surface area contributed by atoms with Gasteiger partial charge in [-0.1, -0.05) is 23.2 Å². The molecule has 3 rings (SSSR count). The molecule has 2 N–H and O–H groups in total. The summed E-state index contributed by atoms with van der Waals surface area (Å²) in [5, 5.41) is 13.9. The molecule has 0 aliphatic carbocycles. The van der Waals surface area contributed by atoms with E-state index in [0.717, 1.165) is 25.9 Å². The van der Waals surface area contributed by atoms with E-state index >= 15 is 0 Å². The Hall–Kier alpha value is -1.25. The van der Waals surface area contributed by atoms with Crippen LogP contribution in [0.4, 0.5) is 0 Å². The largest absolute Gasteiger partial charge is 0.489 e. The molecule has 1 saturated heterocycles. The Balaban J connectivity index is 1.60. The van der Waals surface area contributed by atoms with Crippen molar-refractivity contribution >= 4 is 29.1 Å². The van der Waals surface area contributed by atoms with Gasteiger partial charge in [-0.25, -0.2) is 0 Å². The highest BCUT2D eigenvalue weighted by Crippen LogP contribution is 2.44. The fraction of sp³-hybridized carbons (Fsp3) is 0.650. The maximum atomic E-state index is 12.8. The zero-order chi connectivity index (χ0) is 20.8. The third-order valence-corrected chi connectivity index (χ3v) is 6.08. The van der Waals surface area contributed by atoms with E-state index in [-0.39, 0.29) is 21.9 Å². The van der Waals surface area contributed by atoms with Crippen LogP contribution in [0, 0.1) is 5.92 Å². The van der Waals surface area contributed by atoms with Gasteiger partial charge in [-0.3, -0.25) is 4.79 Å². The zero-order valence-electron chi connectivity index (χ0n) is 16.6. The van der Waals surface area contributed by atoms with E-state index in [4.69, 9.17) is 37.4 Å². The Morgan fingerprint density at radius 3 is 2.83 bits per heavy atom. The zero-order valence-corrected chi connectivity index (χ0v) is 18.1. The maximum Gasteiger partial charge on any atom is 0.255 e. The van der Waals surface area contributed by atoms with Gasteiger partial charge in [-0.2, -0.15) is 0 Å². The first-order valence-electron chi connectivity index (χ1n) is 9.96. The number of likely N-dealkylation sites (tertiary alicyclic amines) is 1. The van der Waals surface area contributed by atoms with E-state index in [1.165, 1.54) is 6.07 Å². The summed E-state index contributed by atoms with van der Waals surface area (Å²) in [6, 6.07) is 1.50. The lowest BCUT2D eigenvalue weighted by Crippen LogP contribution is -2.48. The minimum absolute atomic E-state index is 0.00355. The van der Waals surface area contributed by atoms with Crippen LogP contribution < -0.4 is 14.8 Å². The summed E-state index contributed by atoms with van der Waals surface area (Å²) in [5.74, 6) is 0.310. The number of ether oxygens (including phenoxy) is 3. The van der Waals surface area contributed by atoms with E-state index in [0.29, 0.717) is 56.4 Å². The van der Waals surface area contributed by atoms with Gasteiger partial charge in [0.1, 0.15) is 5.02 Å². The van der Waals surface area contributed by atoms with Crippen LogP contribution in [-0.4, -0.2) is 75.1 Å². The molecule has 1 aromatic carbocycles. The van der Waals surface area contributed by atoms with Crippen molar-refractivity contribution in [3.8, 4) is 11.5 Å². The van der Waals surface area contributed by atoms with Gasteiger partial charge in [0.15, 0.2) is 11.5 Å². The number of aliphatic hydroxyl groups excluding tert-OH is 1. The molecule has 7 nitrogen and oxygen atoms in total. The first kappa shape index (κ1) is 22.4. The molecule has 162 valence electrons. The lowest BCUT2D eigenvalue weighted by Gasteiger charge is -2.36. The van der Waals surface area contributed by atoms with Crippen LogP contribution in [-0.2, 0) is 4.74 Å². The molecule has 0 saturated carbocycles. The van der Waals surface area contributed by atoms with Crippen LogP contribution in [0.3, 0.4) is 0 Å². The van der Waals surface area contributed by atoms with Gasteiger partial charge in [0.25, 0.3) is 5.91 Å². The number of nitrogens with one attached hydrogen (secondary N) is 1. The van der Waals surface area contributed by atoms with Gasteiger partial charge in [0.2, 0.25) is 0 Å². The number of hydrogen-bond donors (Lipinski definition) is 2. The number of fused-ring (bicyclic) bond motifs is 1. The molecular formula is C20H28Cl2N2O5. The Labute approximate surface area is 181 Å². The fourth-order valence-corrected chi connectivity index (χ4v) is 4.06. The monoisotopic (exact) mass is 446 g/mol. The number of hydrogen-bond acceptors (Lipinski definition) is 6. The number of nitrogens with zero attached hydrogens (tertiary/aromatic N) is 1. The number of carbonyl (C=O) groups is 1. The van der Waals surface area contributed by atoms with Gasteiger partial charge in [0.05, 0.1) is 29.9 Å². The normalized spacial score (nSPS) is 22.2. The lowest BCUT2D eigenvalue weighted by atomic mass is 9.93. The summed E-state index contributed by atoms with van der Waals surface area (Å²) in [6.07, 6.45) is 1.96. The number of methoxy groups -OCH3 is 1. The summed E-state index contributed by atoms with van der Waals surface area (Å²) in [4.78, 5) is 15.1. The van der Waals surface area contributed by atoms with Crippen molar-refractivity contribution in [3.05, 3.63) is 21.7 Å². The number of amides is 1. The third-order valence-electron chi connectivity index (χ3n) is 5.31. The number of halogens is 2. The first-order chi connectivity index (χ1) is 14.0. The Bertz CT molecular complexity index is 719. The Kier molecular flexibility index (Phi) is 8.26. The maximum absolute atomic E-state index is 12.8. The predicted octanol–water partition coefficient (Wildman–Crippen LogP) is 2.60. The van der Waals surface area contributed by atoms with Crippen LogP contribution >= 0.6 is 23.2 Å². The van der Waals surface area contributed by atoms with E-state index in [1.54, 1.807) is 7.11 Å². The topological polar surface area (TPSA) is 80.3 Å². The number of rotatable bonds is 7. The fourth-order valence-electron chi connectivity index (χ4n) is 3.67. The molecule has 1 fully saturated rings. The molecule has 2 aliphatic rings. The predicted molar refractivity (Wildman–Crippen MR) is 111 cm³/mol. The molecule has 0 unspecified atom stereocenters. The minimum atomic E-state index is -0.489. The quantitative estimate of drug-likeness (QED) is 0.626. The van der Waals surface area contributed by atoms with E-state index in [9.17, 15) is 9.90 Å². The number of piperidine rings is 1. The highest BCUT2D eigenvalue weighted by Gasteiger charge is 2.29. The highest BCUT2D eigenvalue weighted by atomic mass is 35.5. The molecule has 0 radical (unpaired) electrons. The molecule has 1 aromatic rings. The smallest absolute Gasteiger partial charge is 0.255 e. The van der Waals surface area contributed by atoms with Crippen molar-refractivity contribution in [1.29, 1.82) is 0 Å². The van der Waals surface area contributed by atoms with Gasteiger partial charge in [-0.15, -0.1) is 0 Å². The van der Waals surface area contributed by atoms with Crippen LogP contribution in [0.5, 0.6) is 11.5 Å². The van der Waals surface area contributed by atoms with Crippen molar-refractivity contribution in [2.24, 2.45) is 5.92 Å².